The van der Waals surface area contributed by atoms with E-state index in [0.717, 1.165) is 32.2 Å². The zero-order valence-electron chi connectivity index (χ0n) is 13.0. The number of furan rings is 1. The summed E-state index contributed by atoms with van der Waals surface area (Å²) in [6, 6.07) is 3.32. The highest BCUT2D eigenvalue weighted by atomic mass is 32.2. The third-order valence-corrected chi connectivity index (χ3v) is 5.88. The van der Waals surface area contributed by atoms with E-state index in [2.05, 4.69) is 19.2 Å². The summed E-state index contributed by atoms with van der Waals surface area (Å²) in [5.74, 6) is 1.33. The van der Waals surface area contributed by atoms with Gasteiger partial charge in [0.05, 0.1) is 6.54 Å². The Morgan fingerprint density at radius 3 is 2.62 bits per heavy atom. The summed E-state index contributed by atoms with van der Waals surface area (Å²) in [5.41, 5.74) is 0. The van der Waals surface area contributed by atoms with Crippen LogP contribution in [0.25, 0.3) is 0 Å². The van der Waals surface area contributed by atoms with Gasteiger partial charge in [-0.2, -0.15) is 4.31 Å². The molecule has 21 heavy (non-hydrogen) atoms. The molecule has 1 saturated heterocycles. The molecule has 2 heterocycles. The highest BCUT2D eigenvalue weighted by Crippen LogP contribution is 2.26. The molecule has 0 atom stereocenters. The van der Waals surface area contributed by atoms with Gasteiger partial charge >= 0.3 is 0 Å². The highest BCUT2D eigenvalue weighted by molar-refractivity contribution is 7.89. The van der Waals surface area contributed by atoms with Crippen LogP contribution in [0.3, 0.4) is 0 Å². The third-order valence-electron chi connectivity index (χ3n) is 4.11. The van der Waals surface area contributed by atoms with Crippen molar-refractivity contribution in [3.8, 4) is 0 Å². The van der Waals surface area contributed by atoms with Gasteiger partial charge < -0.3 is 9.73 Å². The number of nitrogens with one attached hydrogen (secondary N) is 1. The molecular formula is C15H26N2O3S. The number of nitrogens with zero attached hydrogens (tertiary/aromatic N) is 1. The molecule has 0 unspecified atom stereocenters. The number of piperidine rings is 1. The van der Waals surface area contributed by atoms with Crippen LogP contribution in [0.1, 0.15) is 45.3 Å². The maximum Gasteiger partial charge on any atom is 0.276 e. The van der Waals surface area contributed by atoms with E-state index >= 15 is 0 Å². The van der Waals surface area contributed by atoms with E-state index in [-0.39, 0.29) is 5.09 Å². The van der Waals surface area contributed by atoms with E-state index in [1.165, 1.54) is 0 Å². The minimum Gasteiger partial charge on any atom is -0.447 e. The average Bonchev–Trinajstić information content (AvgIpc) is 2.97. The molecule has 0 aromatic carbocycles. The van der Waals surface area contributed by atoms with Crippen LogP contribution in [0.2, 0.25) is 0 Å². The largest absolute Gasteiger partial charge is 0.447 e. The topological polar surface area (TPSA) is 62.6 Å². The van der Waals surface area contributed by atoms with E-state index in [4.69, 9.17) is 4.42 Å². The van der Waals surface area contributed by atoms with E-state index in [1.807, 2.05) is 0 Å². The summed E-state index contributed by atoms with van der Waals surface area (Å²) in [6.07, 6.45) is 4.06. The van der Waals surface area contributed by atoms with Crippen molar-refractivity contribution >= 4 is 10.0 Å². The summed E-state index contributed by atoms with van der Waals surface area (Å²) < 4.78 is 32.1. The van der Waals surface area contributed by atoms with Crippen LogP contribution in [0.4, 0.5) is 0 Å². The molecule has 1 aliphatic heterocycles. The van der Waals surface area contributed by atoms with Crippen molar-refractivity contribution in [2.75, 3.05) is 19.6 Å². The second-order valence-electron chi connectivity index (χ2n) is 5.65. The van der Waals surface area contributed by atoms with Crippen molar-refractivity contribution in [1.29, 1.82) is 0 Å². The summed E-state index contributed by atoms with van der Waals surface area (Å²) >= 11 is 0. The van der Waals surface area contributed by atoms with Gasteiger partial charge in [-0.3, -0.25) is 0 Å². The van der Waals surface area contributed by atoms with E-state index in [1.54, 1.807) is 16.4 Å². The Balaban J connectivity index is 1.99. The maximum absolute atomic E-state index is 12.5. The van der Waals surface area contributed by atoms with Gasteiger partial charge in [-0.15, -0.1) is 0 Å². The minimum atomic E-state index is -3.46. The molecule has 1 aromatic heterocycles. The van der Waals surface area contributed by atoms with Gasteiger partial charge in [0.25, 0.3) is 10.0 Å². The van der Waals surface area contributed by atoms with Crippen molar-refractivity contribution in [2.45, 2.75) is 51.2 Å². The fourth-order valence-corrected chi connectivity index (χ4v) is 4.06. The van der Waals surface area contributed by atoms with Crippen LogP contribution in [-0.4, -0.2) is 32.4 Å². The lowest BCUT2D eigenvalue weighted by Crippen LogP contribution is -2.38. The molecule has 6 heteroatoms. The molecule has 0 spiro atoms. The molecule has 1 N–H and O–H groups in total. The fourth-order valence-electron chi connectivity index (χ4n) is 2.67. The number of sulfonamides is 1. The second-order valence-corrected chi connectivity index (χ2v) is 7.52. The van der Waals surface area contributed by atoms with E-state index in [0.29, 0.717) is 31.3 Å². The first-order valence-corrected chi connectivity index (χ1v) is 9.31. The molecule has 2 rings (SSSR count). The molecule has 120 valence electrons. The summed E-state index contributed by atoms with van der Waals surface area (Å²) in [7, 11) is -3.46. The Kier molecular flexibility index (Phi) is 5.84. The molecule has 0 radical (unpaired) electrons. The molecule has 1 aliphatic rings. The molecule has 1 aromatic rings. The van der Waals surface area contributed by atoms with Crippen LogP contribution in [0.5, 0.6) is 0 Å². The monoisotopic (exact) mass is 314 g/mol. The van der Waals surface area contributed by atoms with Crippen molar-refractivity contribution < 1.29 is 12.8 Å². The van der Waals surface area contributed by atoms with Crippen LogP contribution in [-0.2, 0) is 16.6 Å². The van der Waals surface area contributed by atoms with Crippen molar-refractivity contribution in [3.05, 3.63) is 17.9 Å². The lowest BCUT2D eigenvalue weighted by Gasteiger charge is -2.29. The van der Waals surface area contributed by atoms with Gasteiger partial charge in [0.1, 0.15) is 5.76 Å². The zero-order valence-corrected chi connectivity index (χ0v) is 13.8. The lowest BCUT2D eigenvalue weighted by molar-refractivity contribution is 0.262. The van der Waals surface area contributed by atoms with Gasteiger partial charge in [-0.25, -0.2) is 8.42 Å². The Morgan fingerprint density at radius 2 is 2.00 bits per heavy atom. The first-order chi connectivity index (χ1) is 10.1. The molecular weight excluding hydrogens is 288 g/mol. The van der Waals surface area contributed by atoms with Gasteiger partial charge in [0.2, 0.25) is 5.09 Å². The molecule has 0 bridgehead atoms. The SMILES string of the molecule is CCCNCc1ccc(S(=O)(=O)N2CCC(CC)CC2)o1. The van der Waals surface area contributed by atoms with Gasteiger partial charge in [0.15, 0.2) is 0 Å². The Morgan fingerprint density at radius 1 is 1.29 bits per heavy atom. The van der Waals surface area contributed by atoms with Crippen LogP contribution in [0, 0.1) is 5.92 Å². The van der Waals surface area contributed by atoms with Crippen LogP contribution < -0.4 is 5.32 Å². The predicted molar refractivity (Wildman–Crippen MR) is 82.5 cm³/mol. The summed E-state index contributed by atoms with van der Waals surface area (Å²) in [4.78, 5) is 0. The van der Waals surface area contributed by atoms with Crippen LogP contribution >= 0.6 is 0 Å². The highest BCUT2D eigenvalue weighted by Gasteiger charge is 2.31. The Labute approximate surface area is 127 Å². The van der Waals surface area contributed by atoms with Gasteiger partial charge in [-0.05, 0) is 43.9 Å². The Bertz CT molecular complexity index is 531. The Hall–Kier alpha value is -0.850. The smallest absolute Gasteiger partial charge is 0.276 e. The number of hydrogen-bond donors (Lipinski definition) is 1. The quantitative estimate of drug-likeness (QED) is 0.786. The first kappa shape index (κ1) is 16.5. The lowest BCUT2D eigenvalue weighted by atomic mass is 9.96. The third kappa shape index (κ3) is 4.08. The zero-order chi connectivity index (χ0) is 15.3. The molecule has 1 fully saturated rings. The number of rotatable bonds is 7. The second kappa shape index (κ2) is 7.42. The summed E-state index contributed by atoms with van der Waals surface area (Å²) in [6.45, 7) is 6.92. The van der Waals surface area contributed by atoms with Crippen molar-refractivity contribution in [2.24, 2.45) is 5.92 Å². The van der Waals surface area contributed by atoms with Gasteiger partial charge in [-0.1, -0.05) is 20.3 Å². The summed E-state index contributed by atoms with van der Waals surface area (Å²) in [5, 5.41) is 3.28. The van der Waals surface area contributed by atoms with Crippen molar-refractivity contribution in [1.82, 2.24) is 9.62 Å². The van der Waals surface area contributed by atoms with Crippen molar-refractivity contribution in [3.63, 3.8) is 0 Å². The first-order valence-electron chi connectivity index (χ1n) is 7.87. The van der Waals surface area contributed by atoms with Gasteiger partial charge in [0, 0.05) is 13.1 Å². The fraction of sp³-hybridized carbons (Fsp3) is 0.733. The standard InChI is InChI=1S/C15H26N2O3S/c1-3-9-16-12-14-5-6-15(20-14)21(18,19)17-10-7-13(4-2)8-11-17/h5-6,13,16H,3-4,7-12H2,1-2H3. The molecule has 0 aliphatic carbocycles. The van der Waals surface area contributed by atoms with E-state index in [9.17, 15) is 8.42 Å². The number of hydrogen-bond acceptors (Lipinski definition) is 4. The maximum atomic E-state index is 12.5. The average molecular weight is 314 g/mol. The normalized spacial score (nSPS) is 18.2. The molecule has 0 saturated carbocycles. The minimum absolute atomic E-state index is 0.0748. The van der Waals surface area contributed by atoms with Crippen LogP contribution in [0.15, 0.2) is 21.6 Å². The predicted octanol–water partition coefficient (Wildman–Crippen LogP) is 2.59. The molecule has 0 amide bonds. The molecule has 5 nitrogen and oxygen atoms in total. The van der Waals surface area contributed by atoms with E-state index < -0.39 is 10.0 Å².